The molecule has 10 nitrogen and oxygen atoms in total. The van der Waals surface area contributed by atoms with Crippen molar-refractivity contribution >= 4 is 34.8 Å². The zero-order chi connectivity index (χ0) is 27.8. The van der Waals surface area contributed by atoms with Crippen LogP contribution in [0.5, 0.6) is 5.75 Å². The van der Waals surface area contributed by atoms with Crippen molar-refractivity contribution in [1.29, 1.82) is 0 Å². The Kier molecular flexibility index (Phi) is 6.29. The zero-order valence-electron chi connectivity index (χ0n) is 20.8. The minimum Gasteiger partial charge on any atom is -0.423 e. The maximum atomic E-state index is 13.7. The van der Waals surface area contributed by atoms with Crippen LogP contribution in [0.25, 0.3) is 0 Å². The second kappa shape index (κ2) is 10.1. The molecule has 0 bridgehead atoms. The smallest absolute Gasteiger partial charge is 0.343 e. The van der Waals surface area contributed by atoms with E-state index < -0.39 is 40.8 Å². The highest BCUT2D eigenvalue weighted by Crippen LogP contribution is 2.47. The summed E-state index contributed by atoms with van der Waals surface area (Å²) in [4.78, 5) is 57.3. The number of rotatable bonds is 6. The van der Waals surface area contributed by atoms with Gasteiger partial charge in [0, 0.05) is 12.1 Å². The highest BCUT2D eigenvalue weighted by molar-refractivity contribution is 6.24. The lowest BCUT2D eigenvalue weighted by Gasteiger charge is -2.28. The first-order valence-electron chi connectivity index (χ1n) is 12.4. The summed E-state index contributed by atoms with van der Waals surface area (Å²) in [6.45, 7) is 0. The van der Waals surface area contributed by atoms with Crippen LogP contribution in [-0.4, -0.2) is 28.8 Å². The molecule has 0 radical (unpaired) electrons. The van der Waals surface area contributed by atoms with E-state index in [0.29, 0.717) is 22.6 Å². The van der Waals surface area contributed by atoms with Gasteiger partial charge < -0.3 is 4.74 Å². The van der Waals surface area contributed by atoms with Crippen molar-refractivity contribution in [3.8, 4) is 5.75 Å². The Bertz CT molecular complexity index is 1590. The first-order valence-corrected chi connectivity index (χ1v) is 12.4. The van der Waals surface area contributed by atoms with Crippen molar-refractivity contribution in [2.45, 2.75) is 12.1 Å². The number of para-hydroxylation sites is 1. The number of nitro groups is 1. The van der Waals surface area contributed by atoms with Crippen molar-refractivity contribution in [1.82, 2.24) is 0 Å². The predicted octanol–water partition coefficient (Wildman–Crippen LogP) is 4.87. The van der Waals surface area contributed by atoms with Crippen LogP contribution in [0, 0.1) is 16.0 Å². The average molecular weight is 536 g/mol. The third kappa shape index (κ3) is 4.36. The summed E-state index contributed by atoms with van der Waals surface area (Å²) < 4.78 is 5.49. The summed E-state index contributed by atoms with van der Waals surface area (Å²) in [6.07, 6.45) is -1.09. The number of carbonyl (C=O) groups excluding carboxylic acids is 3. The van der Waals surface area contributed by atoms with E-state index in [1.54, 1.807) is 59.7 Å². The van der Waals surface area contributed by atoms with Crippen LogP contribution in [0.1, 0.15) is 22.0 Å². The Hall–Kier alpha value is -5.35. The van der Waals surface area contributed by atoms with Gasteiger partial charge in [0.05, 0.1) is 27.9 Å². The highest BCUT2D eigenvalue weighted by atomic mass is 16.7. The molecule has 2 heterocycles. The van der Waals surface area contributed by atoms with Gasteiger partial charge in [-0.25, -0.2) is 14.8 Å². The van der Waals surface area contributed by atoms with Gasteiger partial charge in [-0.1, -0.05) is 48.5 Å². The second-order valence-corrected chi connectivity index (χ2v) is 9.27. The Balaban J connectivity index is 1.32. The van der Waals surface area contributed by atoms with Crippen molar-refractivity contribution in [3.63, 3.8) is 0 Å². The lowest BCUT2D eigenvalue weighted by atomic mass is 9.90. The van der Waals surface area contributed by atoms with Gasteiger partial charge in [-0.15, -0.1) is 0 Å². The quantitative estimate of drug-likeness (QED) is 0.113. The Morgan fingerprint density at radius 3 is 2.02 bits per heavy atom. The van der Waals surface area contributed by atoms with Gasteiger partial charge >= 0.3 is 5.97 Å². The Morgan fingerprint density at radius 2 is 1.40 bits per heavy atom. The predicted molar refractivity (Wildman–Crippen MR) is 143 cm³/mol. The standard InChI is InChI=1S/C30H21N3O7/c34-28-25-26(19-11-17-24(18-12-19)39-30(36)20-7-3-1-4-8-20)32(22-9-5-2-6-10-22)40-27(25)29(35)31(28)21-13-15-23(16-14-21)33(37)38/h1-18,25-27H/t25-,26-,27-/m0/s1. The monoisotopic (exact) mass is 535 g/mol. The molecule has 0 N–H and O–H groups in total. The molecule has 10 heteroatoms. The SMILES string of the molecule is O=C(Oc1ccc([C@H]2[C@@H]3C(=O)N(c4ccc([N+](=O)[O-])cc4)C(=O)[C@H]3ON2c2ccccc2)cc1)c1ccccc1. The van der Waals surface area contributed by atoms with E-state index in [1.807, 2.05) is 30.3 Å². The first-order chi connectivity index (χ1) is 19.4. The lowest BCUT2D eigenvalue weighted by Crippen LogP contribution is -2.37. The van der Waals surface area contributed by atoms with Gasteiger partial charge in [-0.05, 0) is 54.1 Å². The van der Waals surface area contributed by atoms with E-state index in [4.69, 9.17) is 9.57 Å². The number of hydrogen-bond acceptors (Lipinski definition) is 8. The van der Waals surface area contributed by atoms with Gasteiger partial charge in [0.25, 0.3) is 11.6 Å². The molecule has 2 saturated heterocycles. The molecule has 4 aromatic carbocycles. The van der Waals surface area contributed by atoms with E-state index in [9.17, 15) is 24.5 Å². The number of benzene rings is 4. The minimum atomic E-state index is -1.09. The van der Waals surface area contributed by atoms with Crippen molar-refractivity contribution < 1.29 is 28.9 Å². The van der Waals surface area contributed by atoms with E-state index >= 15 is 0 Å². The van der Waals surface area contributed by atoms with Gasteiger partial charge in [0.2, 0.25) is 5.91 Å². The van der Waals surface area contributed by atoms with E-state index in [2.05, 4.69) is 0 Å². The fraction of sp³-hybridized carbons (Fsp3) is 0.100. The number of imide groups is 1. The maximum Gasteiger partial charge on any atom is 0.343 e. The molecule has 0 aliphatic carbocycles. The minimum absolute atomic E-state index is 0.152. The number of esters is 1. The molecule has 2 aliphatic rings. The number of hydroxylamine groups is 1. The third-order valence-electron chi connectivity index (χ3n) is 6.89. The molecule has 2 fully saturated rings. The normalized spacial score (nSPS) is 19.9. The number of fused-ring (bicyclic) bond motifs is 1. The van der Waals surface area contributed by atoms with Crippen molar-refractivity contribution in [2.75, 3.05) is 9.96 Å². The molecule has 0 saturated carbocycles. The van der Waals surface area contributed by atoms with E-state index in [1.165, 1.54) is 24.3 Å². The Labute approximate surface area is 228 Å². The molecular formula is C30H21N3O7. The molecule has 2 amide bonds. The molecule has 0 unspecified atom stereocenters. The summed E-state index contributed by atoms with van der Waals surface area (Å²) in [5, 5.41) is 12.6. The molecule has 0 spiro atoms. The summed E-state index contributed by atoms with van der Waals surface area (Å²) in [5.41, 5.74) is 1.81. The average Bonchev–Trinajstić information content (AvgIpc) is 3.50. The van der Waals surface area contributed by atoms with Crippen molar-refractivity contribution in [2.24, 2.45) is 5.92 Å². The summed E-state index contributed by atoms with van der Waals surface area (Å²) in [5.74, 6) is -2.10. The molecular weight excluding hydrogens is 514 g/mol. The molecule has 3 atom stereocenters. The summed E-state index contributed by atoms with van der Waals surface area (Å²) in [6, 6.07) is 29.0. The molecule has 40 heavy (non-hydrogen) atoms. The number of amides is 2. The van der Waals surface area contributed by atoms with Crippen LogP contribution >= 0.6 is 0 Å². The molecule has 6 rings (SSSR count). The van der Waals surface area contributed by atoms with Crippen LogP contribution in [0.4, 0.5) is 17.1 Å². The molecule has 4 aromatic rings. The molecule has 2 aliphatic heterocycles. The van der Waals surface area contributed by atoms with Crippen LogP contribution in [-0.2, 0) is 14.4 Å². The summed E-state index contributed by atoms with van der Waals surface area (Å²) in [7, 11) is 0. The van der Waals surface area contributed by atoms with Crippen LogP contribution in [0.3, 0.4) is 0 Å². The first kappa shape index (κ1) is 25.0. The lowest BCUT2D eigenvalue weighted by molar-refractivity contribution is -0.384. The number of hydrogen-bond donors (Lipinski definition) is 0. The Morgan fingerprint density at radius 1 is 0.775 bits per heavy atom. The van der Waals surface area contributed by atoms with Gasteiger partial charge in [0.15, 0.2) is 6.10 Å². The zero-order valence-corrected chi connectivity index (χ0v) is 20.8. The highest BCUT2D eigenvalue weighted by Gasteiger charge is 2.60. The number of ether oxygens (including phenoxy) is 1. The fourth-order valence-electron chi connectivity index (χ4n) is 5.00. The van der Waals surface area contributed by atoms with Crippen LogP contribution in [0.2, 0.25) is 0 Å². The maximum absolute atomic E-state index is 13.7. The number of anilines is 2. The fourth-order valence-corrected chi connectivity index (χ4v) is 5.00. The number of carbonyl (C=O) groups is 3. The number of nitro benzene ring substituents is 1. The molecule has 198 valence electrons. The third-order valence-corrected chi connectivity index (χ3v) is 6.89. The van der Waals surface area contributed by atoms with Gasteiger partial charge in [-0.3, -0.25) is 24.5 Å². The van der Waals surface area contributed by atoms with E-state index in [0.717, 1.165) is 4.90 Å². The number of nitrogens with zero attached hydrogens (tertiary/aromatic N) is 3. The molecule has 0 aromatic heterocycles. The van der Waals surface area contributed by atoms with Gasteiger partial charge in [0.1, 0.15) is 11.7 Å². The summed E-state index contributed by atoms with van der Waals surface area (Å²) >= 11 is 0. The van der Waals surface area contributed by atoms with E-state index in [-0.39, 0.29) is 11.4 Å². The number of non-ortho nitro benzene ring substituents is 1. The van der Waals surface area contributed by atoms with Crippen molar-refractivity contribution in [3.05, 3.63) is 130 Å². The second-order valence-electron chi connectivity index (χ2n) is 9.27. The van der Waals surface area contributed by atoms with Crippen LogP contribution in [0.15, 0.2) is 109 Å². The largest absolute Gasteiger partial charge is 0.423 e. The van der Waals surface area contributed by atoms with Crippen LogP contribution < -0.4 is 14.7 Å². The van der Waals surface area contributed by atoms with Gasteiger partial charge in [-0.2, -0.15) is 0 Å². The topological polar surface area (TPSA) is 119 Å².